The second-order valence-corrected chi connectivity index (χ2v) is 6.93. The Bertz CT molecular complexity index is 518. The van der Waals surface area contributed by atoms with Crippen molar-refractivity contribution in [1.29, 1.82) is 0 Å². The summed E-state index contributed by atoms with van der Waals surface area (Å²) in [7, 11) is -3.25. The molecular weight excluding hydrogens is 268 g/mol. The molecule has 0 unspecified atom stereocenters. The van der Waals surface area contributed by atoms with Gasteiger partial charge in [0.15, 0.2) is 9.84 Å². The van der Waals surface area contributed by atoms with Crippen LogP contribution < -0.4 is 5.32 Å². The molecular formula is C12H18N2O4S. The lowest BCUT2D eigenvalue weighted by Gasteiger charge is -2.38. The molecule has 1 N–H and O–H groups in total. The molecule has 2 rings (SSSR count). The summed E-state index contributed by atoms with van der Waals surface area (Å²) in [6, 6.07) is 3.12. The zero-order chi connectivity index (χ0) is 13.9. The average Bonchev–Trinajstić information content (AvgIpc) is 2.75. The first-order chi connectivity index (χ1) is 9.03. The highest BCUT2D eigenvalue weighted by Gasteiger charge is 2.39. The fourth-order valence-electron chi connectivity index (χ4n) is 1.89. The van der Waals surface area contributed by atoms with Crippen LogP contribution in [0, 0.1) is 0 Å². The number of furan rings is 1. The summed E-state index contributed by atoms with van der Waals surface area (Å²) in [5.41, 5.74) is 0. The summed E-state index contributed by atoms with van der Waals surface area (Å²) < 4.78 is 29.1. The maximum atomic E-state index is 12.0. The van der Waals surface area contributed by atoms with Crippen molar-refractivity contribution in [3.05, 3.63) is 24.2 Å². The first kappa shape index (κ1) is 13.9. The Balaban J connectivity index is 1.84. The van der Waals surface area contributed by atoms with Crippen LogP contribution in [-0.4, -0.2) is 44.2 Å². The Morgan fingerprint density at radius 1 is 1.53 bits per heavy atom. The third-order valence-electron chi connectivity index (χ3n) is 3.09. The minimum absolute atomic E-state index is 0.102. The van der Waals surface area contributed by atoms with Gasteiger partial charge in [-0.1, -0.05) is 6.92 Å². The summed E-state index contributed by atoms with van der Waals surface area (Å²) in [5, 5.41) is 2.24. The molecule has 0 radical (unpaired) electrons. The lowest BCUT2D eigenvalue weighted by molar-refractivity contribution is 0.169. The van der Waals surface area contributed by atoms with E-state index >= 15 is 0 Å². The Hall–Kier alpha value is -1.50. The van der Waals surface area contributed by atoms with Crippen molar-refractivity contribution in [2.45, 2.75) is 24.3 Å². The van der Waals surface area contributed by atoms with Gasteiger partial charge >= 0.3 is 6.03 Å². The van der Waals surface area contributed by atoms with Crippen LogP contribution >= 0.6 is 0 Å². The molecule has 0 saturated carbocycles. The highest BCUT2D eigenvalue weighted by atomic mass is 32.2. The van der Waals surface area contributed by atoms with Crippen molar-refractivity contribution >= 4 is 15.9 Å². The number of carbonyl (C=O) groups is 1. The van der Waals surface area contributed by atoms with E-state index in [4.69, 9.17) is 4.42 Å². The van der Waals surface area contributed by atoms with Crippen molar-refractivity contribution in [2.75, 3.05) is 19.6 Å². The van der Waals surface area contributed by atoms with Gasteiger partial charge in [0.05, 0.1) is 11.5 Å². The van der Waals surface area contributed by atoms with Crippen molar-refractivity contribution in [1.82, 2.24) is 10.2 Å². The molecule has 1 aliphatic rings. The van der Waals surface area contributed by atoms with Gasteiger partial charge in [-0.05, 0) is 18.6 Å². The molecule has 1 saturated heterocycles. The Morgan fingerprint density at radius 3 is 2.84 bits per heavy atom. The van der Waals surface area contributed by atoms with Gasteiger partial charge in [-0.15, -0.1) is 0 Å². The second-order valence-electron chi connectivity index (χ2n) is 4.65. The van der Waals surface area contributed by atoms with E-state index in [-0.39, 0.29) is 24.9 Å². The normalized spacial score (nSPS) is 16.2. The number of carbonyl (C=O) groups excluding carboxylic acids is 1. The molecule has 0 aromatic carbocycles. The molecule has 0 bridgehead atoms. The summed E-state index contributed by atoms with van der Waals surface area (Å²) in [6.07, 6.45) is 2.32. The number of likely N-dealkylation sites (tertiary alicyclic amines) is 1. The summed E-state index contributed by atoms with van der Waals surface area (Å²) >= 11 is 0. The molecule has 0 atom stereocenters. The third kappa shape index (κ3) is 3.28. The van der Waals surface area contributed by atoms with Crippen LogP contribution in [0.25, 0.3) is 0 Å². The van der Waals surface area contributed by atoms with Gasteiger partial charge in [-0.2, -0.15) is 0 Å². The highest BCUT2D eigenvalue weighted by molar-refractivity contribution is 7.91. The smallest absolute Gasteiger partial charge is 0.317 e. The lowest BCUT2D eigenvalue weighted by Crippen LogP contribution is -2.59. The van der Waals surface area contributed by atoms with E-state index in [1.807, 2.05) is 6.92 Å². The molecule has 19 heavy (non-hydrogen) atoms. The number of urea groups is 1. The second kappa shape index (κ2) is 5.64. The molecule has 1 fully saturated rings. The Morgan fingerprint density at radius 2 is 2.26 bits per heavy atom. The minimum Gasteiger partial charge on any atom is -0.468 e. The van der Waals surface area contributed by atoms with E-state index in [1.54, 1.807) is 12.1 Å². The monoisotopic (exact) mass is 286 g/mol. The summed E-state index contributed by atoms with van der Waals surface area (Å²) in [4.78, 5) is 13.1. The topological polar surface area (TPSA) is 79.6 Å². The largest absolute Gasteiger partial charge is 0.468 e. The van der Waals surface area contributed by atoms with Crippen LogP contribution in [0.15, 0.2) is 22.8 Å². The summed E-state index contributed by atoms with van der Waals surface area (Å²) in [6.45, 7) is 3.10. The fourth-order valence-corrected chi connectivity index (χ4v) is 3.50. The van der Waals surface area contributed by atoms with Crippen molar-refractivity contribution in [3.63, 3.8) is 0 Å². The first-order valence-electron chi connectivity index (χ1n) is 6.29. The average molecular weight is 286 g/mol. The molecule has 1 aromatic rings. The number of hydrogen-bond acceptors (Lipinski definition) is 4. The molecule has 6 nitrogen and oxygen atoms in total. The van der Waals surface area contributed by atoms with Crippen molar-refractivity contribution in [3.8, 4) is 0 Å². The number of nitrogens with one attached hydrogen (secondary N) is 1. The van der Waals surface area contributed by atoms with E-state index < -0.39 is 15.1 Å². The maximum absolute atomic E-state index is 12.0. The van der Waals surface area contributed by atoms with Crippen LogP contribution in [-0.2, 0) is 15.6 Å². The predicted molar refractivity (Wildman–Crippen MR) is 70.4 cm³/mol. The van der Waals surface area contributed by atoms with Gasteiger partial charge < -0.3 is 14.6 Å². The van der Waals surface area contributed by atoms with Gasteiger partial charge in [0.2, 0.25) is 0 Å². The maximum Gasteiger partial charge on any atom is 0.317 e. The molecule has 1 aromatic heterocycles. The van der Waals surface area contributed by atoms with Gasteiger partial charge in [-0.3, -0.25) is 0 Å². The van der Waals surface area contributed by atoms with Gasteiger partial charge in [0.25, 0.3) is 0 Å². The number of nitrogens with zero attached hydrogens (tertiary/aromatic N) is 1. The predicted octanol–water partition coefficient (Wildman–Crippen LogP) is 0.998. The zero-order valence-electron chi connectivity index (χ0n) is 10.8. The molecule has 2 amide bonds. The van der Waals surface area contributed by atoms with Gasteiger partial charge in [-0.25, -0.2) is 13.2 Å². The molecule has 106 valence electrons. The minimum atomic E-state index is -3.25. The molecule has 1 aliphatic heterocycles. The van der Waals surface area contributed by atoms with E-state index in [2.05, 4.69) is 5.32 Å². The van der Waals surface area contributed by atoms with Crippen LogP contribution in [0.1, 0.15) is 19.1 Å². The third-order valence-corrected chi connectivity index (χ3v) is 5.09. The number of sulfone groups is 1. The lowest BCUT2D eigenvalue weighted by atomic mass is 10.2. The van der Waals surface area contributed by atoms with E-state index in [9.17, 15) is 13.2 Å². The van der Waals surface area contributed by atoms with E-state index in [1.165, 1.54) is 11.2 Å². The Labute approximate surface area is 112 Å². The van der Waals surface area contributed by atoms with Crippen LogP contribution in [0.2, 0.25) is 0 Å². The fraction of sp³-hybridized carbons (Fsp3) is 0.583. The quantitative estimate of drug-likeness (QED) is 0.875. The van der Waals surface area contributed by atoms with E-state index in [0.29, 0.717) is 12.3 Å². The standard InChI is InChI=1S/C12H18N2O4S/c1-2-5-13-12(15)14-7-11(8-14)19(16,17)9-10-4-3-6-18-10/h3-4,6,11H,2,5,7-9H2,1H3,(H,13,15). The van der Waals surface area contributed by atoms with E-state index in [0.717, 1.165) is 6.42 Å². The first-order valence-corrected chi connectivity index (χ1v) is 8.01. The molecule has 2 heterocycles. The Kier molecular flexibility index (Phi) is 4.14. The highest BCUT2D eigenvalue weighted by Crippen LogP contribution is 2.20. The SMILES string of the molecule is CCCNC(=O)N1CC(S(=O)(=O)Cc2ccco2)C1. The number of hydrogen-bond donors (Lipinski definition) is 1. The van der Waals surface area contributed by atoms with Gasteiger partial charge in [0, 0.05) is 19.6 Å². The molecule has 7 heteroatoms. The van der Waals surface area contributed by atoms with Crippen molar-refractivity contribution in [2.24, 2.45) is 0 Å². The van der Waals surface area contributed by atoms with Gasteiger partial charge in [0.1, 0.15) is 11.5 Å². The number of rotatable bonds is 5. The zero-order valence-corrected chi connectivity index (χ0v) is 11.6. The summed E-state index contributed by atoms with van der Waals surface area (Å²) in [5.74, 6) is 0.337. The van der Waals surface area contributed by atoms with Crippen LogP contribution in [0.5, 0.6) is 0 Å². The number of amides is 2. The van der Waals surface area contributed by atoms with Crippen molar-refractivity contribution < 1.29 is 17.6 Å². The van der Waals surface area contributed by atoms with Crippen LogP contribution in [0.3, 0.4) is 0 Å². The molecule has 0 spiro atoms. The van der Waals surface area contributed by atoms with Crippen LogP contribution in [0.4, 0.5) is 4.79 Å². The molecule has 0 aliphatic carbocycles.